The van der Waals surface area contributed by atoms with Gasteiger partial charge in [0.1, 0.15) is 16.4 Å². The summed E-state index contributed by atoms with van der Waals surface area (Å²) in [5, 5.41) is 13.5. The first-order valence-corrected chi connectivity index (χ1v) is 13.5. The molecule has 3 aromatic rings. The van der Waals surface area contributed by atoms with E-state index in [1.165, 1.54) is 0 Å². The molecule has 1 aliphatic heterocycles. The average Bonchev–Trinajstić information content (AvgIpc) is 3.10. The number of nitrogens with zero attached hydrogens (tertiary/aromatic N) is 4. The van der Waals surface area contributed by atoms with Crippen LogP contribution < -0.4 is 5.32 Å². The zero-order valence-electron chi connectivity index (χ0n) is 19.7. The number of hydrogen-bond donors (Lipinski definition) is 1. The van der Waals surface area contributed by atoms with E-state index in [1.54, 1.807) is 11.3 Å². The molecule has 1 spiro atoms. The molecule has 2 aromatic heterocycles. The number of carbonyl (C=O) groups excluding carboxylic acids is 1. The Hall–Kier alpha value is -2.65. The van der Waals surface area contributed by atoms with Crippen molar-refractivity contribution in [2.45, 2.75) is 69.4 Å². The second-order valence-electron chi connectivity index (χ2n) is 10.5. The molecule has 3 heterocycles. The Balaban J connectivity index is 1.30. The number of amides is 1. The van der Waals surface area contributed by atoms with Crippen LogP contribution in [0.5, 0.6) is 0 Å². The second kappa shape index (κ2) is 7.68. The third kappa shape index (κ3) is 3.39. The molecule has 1 amide bonds. The summed E-state index contributed by atoms with van der Waals surface area (Å²) in [5.74, 6) is -1.43. The maximum absolute atomic E-state index is 13.7. The zero-order chi connectivity index (χ0) is 24.8. The van der Waals surface area contributed by atoms with E-state index < -0.39 is 17.5 Å². The summed E-state index contributed by atoms with van der Waals surface area (Å²) in [6.07, 6.45) is 2.81. The lowest BCUT2D eigenvalue weighted by Crippen LogP contribution is -2.38. The standard InChI is InChI=1S/C26H24ClF2N5OS/c1-13-32-33-24-25(8-9-25)31-21(16-4-2-3-5-18(16)27)20-17-10-14(11-19(17)36-23(20)34(13)24)22(35)30-15-6-7-26(28,29)12-15/h2-5,14-15H,6-12H2,1H3,(H,30,35)/t14-,15+/m0/s1. The molecule has 36 heavy (non-hydrogen) atoms. The first kappa shape index (κ1) is 22.5. The number of fused-ring (bicyclic) bond motifs is 6. The lowest BCUT2D eigenvalue weighted by molar-refractivity contribution is -0.125. The van der Waals surface area contributed by atoms with Crippen molar-refractivity contribution < 1.29 is 13.6 Å². The van der Waals surface area contributed by atoms with Gasteiger partial charge >= 0.3 is 0 Å². The van der Waals surface area contributed by atoms with Crippen LogP contribution in [0.4, 0.5) is 8.78 Å². The zero-order valence-corrected chi connectivity index (χ0v) is 21.2. The van der Waals surface area contributed by atoms with E-state index in [2.05, 4.69) is 20.1 Å². The van der Waals surface area contributed by atoms with Gasteiger partial charge in [-0.1, -0.05) is 29.8 Å². The minimum Gasteiger partial charge on any atom is -0.353 e. The fraction of sp³-hybridized carbons (Fsp3) is 0.462. The summed E-state index contributed by atoms with van der Waals surface area (Å²) in [7, 11) is 0. The van der Waals surface area contributed by atoms with E-state index in [9.17, 15) is 13.6 Å². The van der Waals surface area contributed by atoms with Gasteiger partial charge in [-0.15, -0.1) is 21.5 Å². The first-order chi connectivity index (χ1) is 17.2. The fourth-order valence-corrected chi connectivity index (χ4v) is 7.61. The van der Waals surface area contributed by atoms with Crippen LogP contribution in [-0.4, -0.2) is 38.3 Å². The van der Waals surface area contributed by atoms with E-state index in [-0.39, 0.29) is 24.7 Å². The summed E-state index contributed by atoms with van der Waals surface area (Å²) in [6.45, 7) is 1.95. The Morgan fingerprint density at radius 1 is 1.19 bits per heavy atom. The lowest BCUT2D eigenvalue weighted by atomic mass is 9.97. The number of halogens is 3. The number of hydrogen-bond acceptors (Lipinski definition) is 5. The van der Waals surface area contributed by atoms with Crippen LogP contribution >= 0.6 is 22.9 Å². The third-order valence-corrected chi connectivity index (χ3v) is 9.50. The summed E-state index contributed by atoms with van der Waals surface area (Å²) < 4.78 is 29.5. The van der Waals surface area contributed by atoms with E-state index in [0.717, 1.165) is 56.8 Å². The van der Waals surface area contributed by atoms with Gasteiger partial charge < -0.3 is 5.32 Å². The number of thiophene rings is 1. The van der Waals surface area contributed by atoms with E-state index in [4.69, 9.17) is 16.6 Å². The molecular weight excluding hydrogens is 504 g/mol. The van der Waals surface area contributed by atoms with Gasteiger partial charge in [0.2, 0.25) is 11.8 Å². The Morgan fingerprint density at radius 3 is 2.72 bits per heavy atom. The van der Waals surface area contributed by atoms with Crippen molar-refractivity contribution in [3.63, 3.8) is 0 Å². The number of carbonyl (C=O) groups is 1. The van der Waals surface area contributed by atoms with Crippen molar-refractivity contribution in [3.05, 3.63) is 62.5 Å². The molecule has 1 aromatic carbocycles. The smallest absolute Gasteiger partial charge is 0.250 e. The summed E-state index contributed by atoms with van der Waals surface area (Å²) in [6, 6.07) is 7.26. The molecule has 10 heteroatoms. The summed E-state index contributed by atoms with van der Waals surface area (Å²) in [4.78, 5) is 19.5. The van der Waals surface area contributed by atoms with Crippen molar-refractivity contribution in [2.24, 2.45) is 10.9 Å². The highest BCUT2D eigenvalue weighted by molar-refractivity contribution is 7.15. The molecule has 4 aliphatic rings. The maximum Gasteiger partial charge on any atom is 0.250 e. The van der Waals surface area contributed by atoms with Gasteiger partial charge in [-0.25, -0.2) is 8.78 Å². The Kier molecular flexibility index (Phi) is 4.81. The molecule has 2 saturated carbocycles. The fourth-order valence-electron chi connectivity index (χ4n) is 5.93. The van der Waals surface area contributed by atoms with Gasteiger partial charge in [-0.2, -0.15) is 0 Å². The molecule has 0 unspecified atom stereocenters. The largest absolute Gasteiger partial charge is 0.353 e. The maximum atomic E-state index is 13.7. The van der Waals surface area contributed by atoms with Gasteiger partial charge in [0, 0.05) is 45.8 Å². The van der Waals surface area contributed by atoms with Crippen molar-refractivity contribution >= 4 is 34.6 Å². The predicted molar refractivity (Wildman–Crippen MR) is 134 cm³/mol. The first-order valence-electron chi connectivity index (χ1n) is 12.4. The van der Waals surface area contributed by atoms with E-state index in [1.807, 2.05) is 31.2 Å². The van der Waals surface area contributed by atoms with Crippen LogP contribution in [0.1, 0.15) is 65.3 Å². The van der Waals surface area contributed by atoms with E-state index in [0.29, 0.717) is 24.3 Å². The molecule has 1 N–H and O–H groups in total. The Labute approximate surface area is 215 Å². The van der Waals surface area contributed by atoms with Crippen LogP contribution in [0, 0.1) is 12.8 Å². The minimum absolute atomic E-state index is 0.139. The Bertz CT molecular complexity index is 1460. The molecule has 3 aliphatic carbocycles. The molecule has 6 nitrogen and oxygen atoms in total. The molecule has 7 rings (SSSR count). The van der Waals surface area contributed by atoms with E-state index >= 15 is 0 Å². The highest BCUT2D eigenvalue weighted by Gasteiger charge is 2.52. The van der Waals surface area contributed by atoms with Crippen molar-refractivity contribution in [1.82, 2.24) is 20.1 Å². The van der Waals surface area contributed by atoms with Crippen molar-refractivity contribution in [1.29, 1.82) is 0 Å². The predicted octanol–water partition coefficient (Wildman–Crippen LogP) is 5.15. The quantitative estimate of drug-likeness (QED) is 0.512. The second-order valence-corrected chi connectivity index (χ2v) is 12.0. The molecule has 0 saturated heterocycles. The van der Waals surface area contributed by atoms with Crippen molar-refractivity contribution in [2.75, 3.05) is 0 Å². The van der Waals surface area contributed by atoms with Gasteiger partial charge in [0.15, 0.2) is 5.82 Å². The number of nitrogens with one attached hydrogen (secondary N) is 1. The number of aryl methyl sites for hydroxylation is 1. The number of aliphatic imine (C=N–C) groups is 1. The average molecular weight is 528 g/mol. The number of rotatable bonds is 3. The highest BCUT2D eigenvalue weighted by Crippen LogP contribution is 2.54. The molecule has 2 fully saturated rings. The third-order valence-electron chi connectivity index (χ3n) is 7.93. The monoisotopic (exact) mass is 527 g/mol. The normalized spacial score (nSPS) is 24.6. The number of aromatic nitrogens is 3. The minimum atomic E-state index is -2.68. The number of benzene rings is 1. The van der Waals surface area contributed by atoms with Gasteiger partial charge in [-0.05, 0) is 50.7 Å². The van der Waals surface area contributed by atoms with Gasteiger partial charge in [0.05, 0.1) is 5.71 Å². The van der Waals surface area contributed by atoms with Crippen LogP contribution in [0.2, 0.25) is 5.02 Å². The lowest BCUT2D eigenvalue weighted by Gasteiger charge is -2.17. The van der Waals surface area contributed by atoms with Gasteiger partial charge in [-0.3, -0.25) is 14.4 Å². The molecule has 2 atom stereocenters. The van der Waals surface area contributed by atoms with Crippen molar-refractivity contribution in [3.8, 4) is 5.00 Å². The summed E-state index contributed by atoms with van der Waals surface area (Å²) in [5.41, 5.74) is 3.39. The highest BCUT2D eigenvalue weighted by atomic mass is 35.5. The topological polar surface area (TPSA) is 72.2 Å². The summed E-state index contributed by atoms with van der Waals surface area (Å²) >= 11 is 8.34. The van der Waals surface area contributed by atoms with Crippen LogP contribution in [-0.2, 0) is 23.2 Å². The number of alkyl halides is 2. The van der Waals surface area contributed by atoms with Crippen LogP contribution in [0.3, 0.4) is 0 Å². The SMILES string of the molecule is Cc1nnc2n1-c1sc3c(c1C(c1ccccc1Cl)=NC21CC1)C[C@H](C(=O)N[C@@H]1CCC(F)(F)C1)C3. The molecular formula is C26H24ClF2N5OS. The van der Waals surface area contributed by atoms with Crippen LogP contribution in [0.25, 0.3) is 5.00 Å². The van der Waals surface area contributed by atoms with Crippen LogP contribution in [0.15, 0.2) is 29.3 Å². The van der Waals surface area contributed by atoms with Gasteiger partial charge in [0.25, 0.3) is 0 Å². The molecule has 0 radical (unpaired) electrons. The Morgan fingerprint density at radius 2 is 2.00 bits per heavy atom. The molecule has 186 valence electrons. The molecule has 0 bridgehead atoms.